The molecule has 0 spiro atoms. The molecule has 0 bridgehead atoms. The van der Waals surface area contributed by atoms with Crippen molar-refractivity contribution in [3.8, 4) is 0 Å². The van der Waals surface area contributed by atoms with Gasteiger partial charge in [0.15, 0.2) is 0 Å². The monoisotopic (exact) mass is 1050 g/mol. The van der Waals surface area contributed by atoms with E-state index in [1.807, 2.05) is 72.8 Å². The van der Waals surface area contributed by atoms with Crippen molar-refractivity contribution in [2.45, 2.75) is 52.4 Å². The SMILES string of the molecule is CC(=O)CC(=O)[O-].CC(=O)CC(=O)[O-].O=S(=O)([O-])CCCCP(c1ccccc1)c1ccccc1.O=S(=O)([O-])CCCCP(c1ccccc1)c1ccccc1.[Ru+2].[Ru+2]. The first-order valence-corrected chi connectivity index (χ1v) is 23.6. The molecular weight excluding hydrogens is 1000 g/mol. The van der Waals surface area contributed by atoms with Crippen molar-refractivity contribution in [2.24, 2.45) is 0 Å². The largest absolute Gasteiger partial charge is 2.00 e. The van der Waals surface area contributed by atoms with E-state index >= 15 is 0 Å². The molecule has 0 saturated heterocycles. The first kappa shape index (κ1) is 57.2. The number of ketones is 2. The van der Waals surface area contributed by atoms with E-state index in [-0.39, 0.29) is 62.0 Å². The van der Waals surface area contributed by atoms with Gasteiger partial charge in [-0.05, 0) is 88.9 Å². The van der Waals surface area contributed by atoms with Gasteiger partial charge in [-0.15, -0.1) is 0 Å². The predicted octanol–water partition coefficient (Wildman–Crippen LogP) is 2.32. The van der Waals surface area contributed by atoms with E-state index < -0.39 is 60.9 Å². The smallest absolute Gasteiger partial charge is 0.748 e. The van der Waals surface area contributed by atoms with Gasteiger partial charge in [0.25, 0.3) is 0 Å². The molecule has 316 valence electrons. The van der Waals surface area contributed by atoms with Gasteiger partial charge in [0, 0.05) is 36.3 Å². The van der Waals surface area contributed by atoms with E-state index in [9.17, 15) is 55.3 Å². The molecule has 4 aromatic carbocycles. The van der Waals surface area contributed by atoms with Crippen LogP contribution in [0.1, 0.15) is 52.4 Å². The van der Waals surface area contributed by atoms with Crippen molar-refractivity contribution in [1.29, 1.82) is 0 Å². The number of carboxylic acids is 2. The molecule has 0 aromatic heterocycles. The summed E-state index contributed by atoms with van der Waals surface area (Å²) in [7, 11) is -9.18. The fraction of sp³-hybridized carbons (Fsp3) is 0.300. The number of rotatable bonds is 18. The van der Waals surface area contributed by atoms with Gasteiger partial charge < -0.3 is 28.9 Å². The Morgan fingerprint density at radius 3 is 0.828 bits per heavy atom. The van der Waals surface area contributed by atoms with Crippen LogP contribution in [0.25, 0.3) is 0 Å². The Bertz CT molecular complexity index is 1730. The van der Waals surface area contributed by atoms with Gasteiger partial charge in [0.1, 0.15) is 11.6 Å². The normalized spacial score (nSPS) is 10.4. The van der Waals surface area contributed by atoms with Crippen LogP contribution in [0.15, 0.2) is 121 Å². The van der Waals surface area contributed by atoms with Crippen molar-refractivity contribution >= 4 is 80.8 Å². The summed E-state index contributed by atoms with van der Waals surface area (Å²) in [6.45, 7) is 2.41. The fourth-order valence-corrected chi connectivity index (χ4v) is 10.7. The second kappa shape index (κ2) is 31.9. The molecule has 0 heterocycles. The minimum Gasteiger partial charge on any atom is -0.748 e. The maximum atomic E-state index is 10.7. The van der Waals surface area contributed by atoms with Gasteiger partial charge in [-0.25, -0.2) is 16.8 Å². The molecule has 58 heavy (non-hydrogen) atoms. The Morgan fingerprint density at radius 2 is 0.672 bits per heavy atom. The average Bonchev–Trinajstić information content (AvgIpc) is 3.12. The number of unbranched alkanes of at least 4 members (excludes halogenated alkanes) is 2. The minimum absolute atomic E-state index is 0. The van der Waals surface area contributed by atoms with Gasteiger partial charge in [-0.2, -0.15) is 0 Å². The molecule has 4 rings (SSSR count). The number of carbonyl (C=O) groups excluding carboxylic acids is 4. The van der Waals surface area contributed by atoms with E-state index in [0.29, 0.717) is 12.8 Å². The van der Waals surface area contributed by atoms with Crippen LogP contribution in [0.2, 0.25) is 0 Å². The van der Waals surface area contributed by atoms with Crippen LogP contribution in [0.4, 0.5) is 0 Å². The zero-order valence-electron chi connectivity index (χ0n) is 31.9. The van der Waals surface area contributed by atoms with Crippen LogP contribution in [-0.2, 0) is 78.4 Å². The Balaban J connectivity index is 0. The number of carbonyl (C=O) groups is 4. The molecule has 0 amide bonds. The standard InChI is InChI=1S/2C16H19O3PS.2C4H6O3.2Ru/c2*17-21(18,19)14-8-7-13-20(15-9-3-1-4-10-15)16-11-5-2-6-12-16;2*1-3(5)2-4(6)7;;/h2*1-6,9-12H,7-8,13-14H2,(H,17,18,19);2*2H2,1H3,(H,6,7);;/q;;;;2*+2/p-4. The summed E-state index contributed by atoms with van der Waals surface area (Å²) in [5.74, 6) is -3.90. The summed E-state index contributed by atoms with van der Waals surface area (Å²) in [5.41, 5.74) is 0. The summed E-state index contributed by atoms with van der Waals surface area (Å²) >= 11 is 0. The third-order valence-electron chi connectivity index (χ3n) is 7.11. The Morgan fingerprint density at radius 1 is 0.448 bits per heavy atom. The molecular formula is C40H46O12P2Ru2S2. The van der Waals surface area contributed by atoms with Gasteiger partial charge in [-0.1, -0.05) is 121 Å². The van der Waals surface area contributed by atoms with Crippen LogP contribution in [-0.4, -0.2) is 73.3 Å². The quantitative estimate of drug-likeness (QED) is 0.0460. The van der Waals surface area contributed by atoms with Gasteiger partial charge in [0.05, 0.1) is 20.2 Å². The van der Waals surface area contributed by atoms with E-state index in [0.717, 1.165) is 25.2 Å². The molecule has 0 saturated carbocycles. The first-order chi connectivity index (χ1) is 26.4. The maximum absolute atomic E-state index is 10.7. The Hall–Kier alpha value is -2.91. The predicted molar refractivity (Wildman–Crippen MR) is 216 cm³/mol. The minimum atomic E-state index is -4.09. The summed E-state index contributed by atoms with van der Waals surface area (Å²) < 4.78 is 64.0. The zero-order valence-corrected chi connectivity index (χ0v) is 38.8. The zero-order chi connectivity index (χ0) is 42.0. The number of hydrogen-bond donors (Lipinski definition) is 0. The van der Waals surface area contributed by atoms with E-state index in [2.05, 4.69) is 48.5 Å². The first-order valence-electron chi connectivity index (χ1n) is 17.4. The number of hydrogen-bond acceptors (Lipinski definition) is 12. The summed E-state index contributed by atoms with van der Waals surface area (Å²) in [5, 5.41) is 24.1. The molecule has 0 N–H and O–H groups in total. The number of benzene rings is 4. The van der Waals surface area contributed by atoms with Gasteiger partial charge in [-0.3, -0.25) is 9.59 Å². The molecule has 18 heteroatoms. The molecule has 0 aliphatic carbocycles. The van der Waals surface area contributed by atoms with E-state index in [1.165, 1.54) is 35.1 Å². The third-order valence-corrected chi connectivity index (χ3v) is 13.9. The van der Waals surface area contributed by atoms with Crippen LogP contribution in [0.5, 0.6) is 0 Å². The Kier molecular flexibility index (Phi) is 31.5. The van der Waals surface area contributed by atoms with Crippen molar-refractivity contribution in [3.05, 3.63) is 121 Å². The van der Waals surface area contributed by atoms with Gasteiger partial charge in [0.2, 0.25) is 0 Å². The average molecular weight is 1050 g/mol. The van der Waals surface area contributed by atoms with Crippen molar-refractivity contribution in [3.63, 3.8) is 0 Å². The molecule has 0 radical (unpaired) electrons. The summed E-state index contributed by atoms with van der Waals surface area (Å²) in [6.07, 6.45) is 3.22. The fourth-order valence-electron chi connectivity index (χ4n) is 4.75. The summed E-state index contributed by atoms with van der Waals surface area (Å²) in [6, 6.07) is 41.1. The second-order valence-corrected chi connectivity index (χ2v) is 19.8. The van der Waals surface area contributed by atoms with E-state index in [1.54, 1.807) is 0 Å². The summed E-state index contributed by atoms with van der Waals surface area (Å²) in [4.78, 5) is 38.6. The second-order valence-electron chi connectivity index (χ2n) is 12.1. The number of carboxylic acid groups (broad SMARTS) is 2. The topological polar surface area (TPSA) is 229 Å². The third kappa shape index (κ3) is 30.2. The molecule has 0 aliphatic rings. The molecule has 0 atom stereocenters. The van der Waals surface area contributed by atoms with Crippen molar-refractivity contribution in [2.75, 3.05) is 23.8 Å². The van der Waals surface area contributed by atoms with Gasteiger partial charge >= 0.3 is 39.0 Å². The molecule has 0 aliphatic heterocycles. The van der Waals surface area contributed by atoms with Crippen LogP contribution in [0.3, 0.4) is 0 Å². The molecule has 0 fully saturated rings. The maximum Gasteiger partial charge on any atom is 2.00 e. The molecule has 0 unspecified atom stereocenters. The van der Waals surface area contributed by atoms with E-state index in [4.69, 9.17) is 0 Å². The van der Waals surface area contributed by atoms with Crippen molar-refractivity contribution < 1.29 is 94.3 Å². The van der Waals surface area contributed by atoms with Crippen molar-refractivity contribution in [1.82, 2.24) is 0 Å². The van der Waals surface area contributed by atoms with Crippen LogP contribution >= 0.6 is 15.8 Å². The number of Topliss-reactive ketones (excluding diaryl/α,β-unsaturated/α-hetero) is 2. The Labute approximate surface area is 370 Å². The van der Waals surface area contributed by atoms with Crippen LogP contribution < -0.4 is 31.4 Å². The van der Waals surface area contributed by atoms with Crippen LogP contribution in [0, 0.1) is 0 Å². The number of aliphatic carboxylic acids is 2. The molecule has 12 nitrogen and oxygen atoms in total. The molecule has 4 aromatic rings.